The minimum atomic E-state index is -3.80. The second-order valence-corrected chi connectivity index (χ2v) is 6.49. The number of hydrogen-bond donors (Lipinski definition) is 0. The molecule has 13 heteroatoms. The van der Waals surface area contributed by atoms with Gasteiger partial charge in [-0.1, -0.05) is 0 Å². The third kappa shape index (κ3) is 5.85. The van der Waals surface area contributed by atoms with Crippen molar-refractivity contribution in [3.05, 3.63) is 0 Å². The Labute approximate surface area is 168 Å². The molecule has 0 aromatic heterocycles. The van der Waals surface area contributed by atoms with E-state index in [1.54, 1.807) is 0 Å². The Morgan fingerprint density at radius 1 is 0.500 bits per heavy atom. The van der Waals surface area contributed by atoms with Gasteiger partial charge in [0.2, 0.25) is 17.3 Å². The SMILES string of the molecule is COC(OC)([O][Al]([O]C(OC)(OC)C(C)=O)[O]C(OC)(OC)C(C)=O)C(C)=O. The summed E-state index contributed by atoms with van der Waals surface area (Å²) < 4.78 is 46.5. The fourth-order valence-corrected chi connectivity index (χ4v) is 4.08. The molecule has 28 heavy (non-hydrogen) atoms. The van der Waals surface area contributed by atoms with Crippen LogP contribution in [0.2, 0.25) is 0 Å². The average molecular weight is 426 g/mol. The van der Waals surface area contributed by atoms with Crippen molar-refractivity contribution in [1.82, 2.24) is 0 Å². The van der Waals surface area contributed by atoms with Gasteiger partial charge in [-0.05, 0) is 0 Å². The Kier molecular flexibility index (Phi) is 11.1. The fraction of sp³-hybridized carbons (Fsp3) is 0.800. The summed E-state index contributed by atoms with van der Waals surface area (Å²) in [7, 11) is 6.79. The molecule has 0 heterocycles. The molecule has 0 unspecified atom stereocenters. The van der Waals surface area contributed by atoms with Crippen molar-refractivity contribution in [2.45, 2.75) is 38.7 Å². The van der Waals surface area contributed by atoms with Gasteiger partial charge in [0.15, 0.2) is 0 Å². The number of carbonyl (C=O) groups excluding carboxylic acids is 3. The van der Waals surface area contributed by atoms with Crippen molar-refractivity contribution in [3.8, 4) is 0 Å². The lowest BCUT2D eigenvalue weighted by molar-refractivity contribution is -0.361. The number of ketones is 3. The molecule has 0 atom stereocenters. The number of hydrogen-bond acceptors (Lipinski definition) is 12. The summed E-state index contributed by atoms with van der Waals surface area (Å²) in [6, 6.07) is 0. The van der Waals surface area contributed by atoms with Gasteiger partial charge >= 0.3 is 33.1 Å². The molecule has 12 nitrogen and oxygen atoms in total. The maximum Gasteiger partial charge on any atom is 0.917 e. The second-order valence-electron chi connectivity index (χ2n) is 5.20. The number of methoxy groups -OCH3 is 6. The van der Waals surface area contributed by atoms with Crippen LogP contribution in [-0.2, 0) is 54.2 Å². The molecule has 0 bridgehead atoms. The number of carbonyl (C=O) groups is 3. The third-order valence-corrected chi connectivity index (χ3v) is 5.17. The van der Waals surface area contributed by atoms with Gasteiger partial charge < -0.3 is 39.8 Å². The van der Waals surface area contributed by atoms with Gasteiger partial charge in [0.1, 0.15) is 0 Å². The largest absolute Gasteiger partial charge is 0.917 e. The van der Waals surface area contributed by atoms with Crippen molar-refractivity contribution in [1.29, 1.82) is 0 Å². The molecular formula is C15H27AlO12. The molecule has 0 radical (unpaired) electrons. The zero-order valence-corrected chi connectivity index (χ0v) is 18.6. The molecule has 0 N–H and O–H groups in total. The van der Waals surface area contributed by atoms with Gasteiger partial charge in [-0.2, -0.15) is 0 Å². The Bertz CT molecular complexity index is 463. The van der Waals surface area contributed by atoms with E-state index in [9.17, 15) is 14.4 Å². The van der Waals surface area contributed by atoms with Crippen LogP contribution in [0.5, 0.6) is 0 Å². The summed E-state index contributed by atoms with van der Waals surface area (Å²) in [5.41, 5.74) is 0. The van der Waals surface area contributed by atoms with E-state index in [-0.39, 0.29) is 0 Å². The summed E-state index contributed by atoms with van der Waals surface area (Å²) in [6.45, 7) is 3.36. The van der Waals surface area contributed by atoms with E-state index < -0.39 is 50.4 Å². The second kappa shape index (κ2) is 11.4. The third-order valence-electron chi connectivity index (χ3n) is 3.66. The molecule has 0 amide bonds. The minimum Gasteiger partial charge on any atom is -0.399 e. The first-order valence-corrected chi connectivity index (χ1v) is 9.27. The van der Waals surface area contributed by atoms with Crippen molar-refractivity contribution in [3.63, 3.8) is 0 Å². The Morgan fingerprint density at radius 3 is 0.786 bits per heavy atom. The molecule has 0 aromatic rings. The van der Waals surface area contributed by atoms with E-state index in [0.717, 1.165) is 63.4 Å². The van der Waals surface area contributed by atoms with Crippen molar-refractivity contribution >= 4 is 32.5 Å². The normalized spacial score (nSPS) is 12.8. The van der Waals surface area contributed by atoms with Crippen LogP contribution >= 0.6 is 0 Å². The number of rotatable bonds is 15. The van der Waals surface area contributed by atoms with Crippen LogP contribution < -0.4 is 0 Å². The average Bonchev–Trinajstić information content (AvgIpc) is 2.67. The monoisotopic (exact) mass is 426 g/mol. The van der Waals surface area contributed by atoms with Crippen LogP contribution in [0.4, 0.5) is 0 Å². The van der Waals surface area contributed by atoms with Crippen LogP contribution in [-0.4, -0.2) is 93.1 Å². The van der Waals surface area contributed by atoms with Gasteiger partial charge in [-0.25, -0.2) is 0 Å². The molecule has 0 saturated heterocycles. The van der Waals surface area contributed by atoms with Gasteiger partial charge in [0.25, 0.3) is 0 Å². The van der Waals surface area contributed by atoms with E-state index in [1.165, 1.54) is 0 Å². The first-order valence-electron chi connectivity index (χ1n) is 7.86. The van der Waals surface area contributed by atoms with Gasteiger partial charge in [0.05, 0.1) is 0 Å². The van der Waals surface area contributed by atoms with E-state index in [0.29, 0.717) is 0 Å². The quantitative estimate of drug-likeness (QED) is 0.250. The molecule has 0 aliphatic rings. The zero-order chi connectivity index (χ0) is 22.2. The summed E-state index contributed by atoms with van der Waals surface area (Å²) in [5.74, 6) is -8.92. The van der Waals surface area contributed by atoms with E-state index in [1.807, 2.05) is 0 Å². The number of Topliss-reactive ketones (excluding diaryl/α,β-unsaturated/α-hetero) is 3. The van der Waals surface area contributed by atoms with E-state index in [4.69, 9.17) is 39.8 Å². The highest BCUT2D eigenvalue weighted by atomic mass is 27.3. The molecule has 0 rings (SSSR count). The lowest BCUT2D eigenvalue weighted by atomic mass is 10.4. The van der Waals surface area contributed by atoms with E-state index in [2.05, 4.69) is 0 Å². The summed E-state index contributed by atoms with van der Waals surface area (Å²) in [4.78, 5) is 36.1. The first kappa shape index (κ1) is 27.2. The molecule has 162 valence electrons. The number of ether oxygens (including phenoxy) is 6. The first-order chi connectivity index (χ1) is 13.0. The van der Waals surface area contributed by atoms with Crippen LogP contribution in [0, 0.1) is 0 Å². The van der Waals surface area contributed by atoms with Crippen LogP contribution in [0.1, 0.15) is 20.8 Å². The zero-order valence-electron chi connectivity index (χ0n) is 17.5. The highest BCUT2D eigenvalue weighted by Gasteiger charge is 2.58. The van der Waals surface area contributed by atoms with E-state index >= 15 is 0 Å². The van der Waals surface area contributed by atoms with Crippen molar-refractivity contribution < 1.29 is 54.2 Å². The molecule has 0 aliphatic carbocycles. The Balaban J connectivity index is 6.20. The van der Waals surface area contributed by atoms with Crippen molar-refractivity contribution in [2.75, 3.05) is 42.7 Å². The Morgan fingerprint density at radius 2 is 0.679 bits per heavy atom. The highest BCUT2D eigenvalue weighted by Crippen LogP contribution is 2.26. The van der Waals surface area contributed by atoms with Crippen LogP contribution in [0.25, 0.3) is 0 Å². The maximum atomic E-state index is 12.0. The van der Waals surface area contributed by atoms with Gasteiger partial charge in [0, 0.05) is 63.4 Å². The molecular weight excluding hydrogens is 399 g/mol. The topological polar surface area (TPSA) is 134 Å². The predicted octanol–water partition coefficient (Wildman–Crippen LogP) is -0.372. The minimum absolute atomic E-state index is 0.714. The lowest BCUT2D eigenvalue weighted by Gasteiger charge is -2.37. The fourth-order valence-electron chi connectivity index (χ4n) is 2.10. The van der Waals surface area contributed by atoms with Crippen LogP contribution in [0.15, 0.2) is 0 Å². The maximum absolute atomic E-state index is 12.0. The predicted molar refractivity (Wildman–Crippen MR) is 91.3 cm³/mol. The standard InChI is InChI=1S/3C5H9O4.Al/c3*1-4(6)5(7,8-2)9-3;/h3*1-3H3;/q3*-1;+3. The molecule has 0 aromatic carbocycles. The molecule has 0 spiro atoms. The summed E-state index contributed by atoms with van der Waals surface area (Å²) >= 11 is -3.80. The van der Waals surface area contributed by atoms with Gasteiger partial charge in [-0.3, -0.25) is 14.4 Å². The lowest BCUT2D eigenvalue weighted by Crippen LogP contribution is -2.59. The highest BCUT2D eigenvalue weighted by molar-refractivity contribution is 6.38. The molecule has 0 fully saturated rings. The van der Waals surface area contributed by atoms with Crippen molar-refractivity contribution in [2.24, 2.45) is 0 Å². The summed E-state index contributed by atoms with van der Waals surface area (Å²) in [5, 5.41) is 0. The van der Waals surface area contributed by atoms with Gasteiger partial charge in [-0.15, -0.1) is 0 Å². The van der Waals surface area contributed by atoms with Crippen LogP contribution in [0.3, 0.4) is 0 Å². The Hall–Kier alpha value is -0.818. The summed E-state index contributed by atoms with van der Waals surface area (Å²) in [6.07, 6.45) is 0. The molecule has 0 aliphatic heterocycles. The molecule has 0 saturated carbocycles. The smallest absolute Gasteiger partial charge is 0.399 e.